The number of phenolic OH excluding ortho intramolecular Hbond substituents is 1. The van der Waals surface area contributed by atoms with Crippen LogP contribution in [0.1, 0.15) is 17.2 Å². The Morgan fingerprint density at radius 1 is 1.33 bits per heavy atom. The van der Waals surface area contributed by atoms with Crippen molar-refractivity contribution in [1.82, 2.24) is 0 Å². The highest BCUT2D eigenvalue weighted by Gasteiger charge is 2.17. The van der Waals surface area contributed by atoms with Gasteiger partial charge in [-0.25, -0.2) is 0 Å². The summed E-state index contributed by atoms with van der Waals surface area (Å²) in [4.78, 5) is 10.1. The van der Waals surface area contributed by atoms with Gasteiger partial charge in [0.1, 0.15) is 0 Å². The lowest BCUT2D eigenvalue weighted by Gasteiger charge is -2.10. The third-order valence-electron chi connectivity index (χ3n) is 2.46. The smallest absolute Gasteiger partial charge is 0.311 e. The molecule has 2 rings (SSSR count). The Kier molecular flexibility index (Phi) is 4.66. The number of benzene rings is 1. The number of nitrogens with two attached hydrogens (primary N) is 1. The Bertz CT molecular complexity index is 545. The zero-order chi connectivity index (χ0) is 12.4. The summed E-state index contributed by atoms with van der Waals surface area (Å²) in [5.74, 6) is -0.351. The van der Waals surface area contributed by atoms with E-state index in [-0.39, 0.29) is 23.8 Å². The van der Waals surface area contributed by atoms with Gasteiger partial charge in [0.15, 0.2) is 5.75 Å². The molecule has 5 nitrogen and oxygen atoms in total. The lowest BCUT2D eigenvalue weighted by molar-refractivity contribution is -0.385. The van der Waals surface area contributed by atoms with Crippen LogP contribution in [0.15, 0.2) is 35.0 Å². The molecule has 0 unspecified atom stereocenters. The van der Waals surface area contributed by atoms with Crippen LogP contribution in [0.3, 0.4) is 0 Å². The van der Waals surface area contributed by atoms with Crippen molar-refractivity contribution < 1.29 is 10.0 Å². The van der Waals surface area contributed by atoms with Crippen molar-refractivity contribution in [2.24, 2.45) is 5.73 Å². The monoisotopic (exact) mass is 286 g/mol. The maximum absolute atomic E-state index is 10.7. The van der Waals surface area contributed by atoms with Crippen molar-refractivity contribution in [2.45, 2.75) is 6.04 Å². The number of halogens is 1. The number of phenols is 1. The van der Waals surface area contributed by atoms with E-state index in [1.807, 2.05) is 16.8 Å². The van der Waals surface area contributed by atoms with E-state index in [1.165, 1.54) is 23.5 Å². The molecule has 0 saturated carbocycles. The lowest BCUT2D eigenvalue weighted by atomic mass is 10.0. The molecule has 0 radical (unpaired) electrons. The molecule has 1 aromatic carbocycles. The van der Waals surface area contributed by atoms with Gasteiger partial charge in [-0.1, -0.05) is 6.07 Å². The third-order valence-corrected chi connectivity index (χ3v) is 3.16. The molecule has 0 aliphatic carbocycles. The van der Waals surface area contributed by atoms with Crippen molar-refractivity contribution in [3.05, 3.63) is 56.3 Å². The molecule has 0 bridgehead atoms. The van der Waals surface area contributed by atoms with Crippen LogP contribution in [0.2, 0.25) is 0 Å². The van der Waals surface area contributed by atoms with E-state index < -0.39 is 11.0 Å². The van der Waals surface area contributed by atoms with Crippen LogP contribution in [0, 0.1) is 10.1 Å². The predicted octanol–water partition coefficient (Wildman–Crippen LogP) is 2.83. The molecule has 96 valence electrons. The first-order chi connectivity index (χ1) is 8.09. The second-order valence-corrected chi connectivity index (χ2v) is 4.32. The van der Waals surface area contributed by atoms with Crippen molar-refractivity contribution in [1.29, 1.82) is 0 Å². The van der Waals surface area contributed by atoms with Gasteiger partial charge in [-0.3, -0.25) is 10.1 Å². The first-order valence-corrected chi connectivity index (χ1v) is 5.79. The maximum atomic E-state index is 10.7. The van der Waals surface area contributed by atoms with Crippen LogP contribution >= 0.6 is 23.7 Å². The topological polar surface area (TPSA) is 89.4 Å². The van der Waals surface area contributed by atoms with Crippen molar-refractivity contribution in [3.63, 3.8) is 0 Å². The van der Waals surface area contributed by atoms with Crippen LogP contribution in [0.25, 0.3) is 0 Å². The van der Waals surface area contributed by atoms with Crippen LogP contribution in [0.5, 0.6) is 5.75 Å². The number of nitro benzene ring substituents is 1. The Balaban J connectivity index is 0.00000162. The standard InChI is InChI=1S/C11H10N2O3S.ClH/c12-11(8-3-4-17-6-8)7-1-2-10(14)9(5-7)13(15)16;/h1-6,11,14H,12H2;1H/t11-;/m0./s1. The molecule has 18 heavy (non-hydrogen) atoms. The Morgan fingerprint density at radius 2 is 2.06 bits per heavy atom. The van der Waals surface area contributed by atoms with E-state index in [1.54, 1.807) is 6.07 Å². The molecule has 7 heteroatoms. The summed E-state index contributed by atoms with van der Waals surface area (Å²) in [7, 11) is 0. The number of rotatable bonds is 3. The highest BCUT2D eigenvalue weighted by atomic mass is 35.5. The van der Waals surface area contributed by atoms with Gasteiger partial charge in [0.25, 0.3) is 0 Å². The second-order valence-electron chi connectivity index (χ2n) is 3.54. The fourth-order valence-electron chi connectivity index (χ4n) is 1.52. The molecule has 1 aromatic heterocycles. The van der Waals surface area contributed by atoms with Gasteiger partial charge >= 0.3 is 5.69 Å². The summed E-state index contributed by atoms with van der Waals surface area (Å²) in [5, 5.41) is 23.8. The van der Waals surface area contributed by atoms with Crippen molar-refractivity contribution >= 4 is 29.4 Å². The molecular formula is C11H11ClN2O3S. The minimum Gasteiger partial charge on any atom is -0.502 e. The third kappa shape index (κ3) is 2.79. The fourth-order valence-corrected chi connectivity index (χ4v) is 2.22. The first kappa shape index (κ1) is 14.4. The molecule has 3 N–H and O–H groups in total. The number of aromatic hydroxyl groups is 1. The zero-order valence-electron chi connectivity index (χ0n) is 9.15. The summed E-state index contributed by atoms with van der Waals surface area (Å²) in [6.07, 6.45) is 0. The lowest BCUT2D eigenvalue weighted by Crippen LogP contribution is -2.11. The number of hydrogen-bond donors (Lipinski definition) is 2. The number of hydrogen-bond acceptors (Lipinski definition) is 5. The van der Waals surface area contributed by atoms with Crippen LogP contribution in [-0.4, -0.2) is 10.0 Å². The van der Waals surface area contributed by atoms with Gasteiger partial charge in [-0.15, -0.1) is 12.4 Å². The van der Waals surface area contributed by atoms with Crippen molar-refractivity contribution in [3.8, 4) is 5.75 Å². The highest BCUT2D eigenvalue weighted by Crippen LogP contribution is 2.30. The fraction of sp³-hybridized carbons (Fsp3) is 0.0909. The molecule has 1 heterocycles. The first-order valence-electron chi connectivity index (χ1n) is 4.84. The van der Waals surface area contributed by atoms with E-state index in [4.69, 9.17) is 5.73 Å². The van der Waals surface area contributed by atoms with Crippen LogP contribution in [0.4, 0.5) is 5.69 Å². The quantitative estimate of drug-likeness (QED) is 0.670. The van der Waals surface area contributed by atoms with Gasteiger partial charge < -0.3 is 10.8 Å². The molecule has 0 saturated heterocycles. The maximum Gasteiger partial charge on any atom is 0.311 e. The Hall–Kier alpha value is -1.63. The molecule has 1 atom stereocenters. The van der Waals surface area contributed by atoms with E-state index >= 15 is 0 Å². The highest BCUT2D eigenvalue weighted by molar-refractivity contribution is 7.08. The van der Waals surface area contributed by atoms with Gasteiger partial charge in [0.2, 0.25) is 0 Å². The molecule has 0 aliphatic heterocycles. The molecule has 0 spiro atoms. The van der Waals surface area contributed by atoms with E-state index in [9.17, 15) is 15.2 Å². The average Bonchev–Trinajstić information content (AvgIpc) is 2.81. The minimum absolute atomic E-state index is 0. The minimum atomic E-state index is -0.626. The molecule has 0 aliphatic rings. The number of thiophene rings is 1. The normalized spacial score (nSPS) is 11.6. The van der Waals surface area contributed by atoms with Gasteiger partial charge in [0, 0.05) is 6.07 Å². The second kappa shape index (κ2) is 5.81. The Labute approximate surface area is 113 Å². The molecule has 2 aromatic rings. The van der Waals surface area contributed by atoms with E-state index in [0.717, 1.165) is 5.56 Å². The van der Waals surface area contributed by atoms with Gasteiger partial charge in [-0.05, 0) is 34.0 Å². The predicted molar refractivity (Wildman–Crippen MR) is 72.4 cm³/mol. The number of nitro groups is 1. The van der Waals surface area contributed by atoms with Gasteiger partial charge in [0.05, 0.1) is 11.0 Å². The summed E-state index contributed by atoms with van der Waals surface area (Å²) in [5.41, 5.74) is 7.16. The summed E-state index contributed by atoms with van der Waals surface area (Å²) >= 11 is 1.51. The largest absolute Gasteiger partial charge is 0.502 e. The SMILES string of the molecule is Cl.N[C@H](c1ccsc1)c1ccc(O)c([N+](=O)[O-])c1. The average molecular weight is 287 g/mol. The van der Waals surface area contributed by atoms with Crippen LogP contribution in [-0.2, 0) is 0 Å². The van der Waals surface area contributed by atoms with E-state index in [2.05, 4.69) is 0 Å². The summed E-state index contributed by atoms with van der Waals surface area (Å²) < 4.78 is 0. The molecule has 0 fully saturated rings. The van der Waals surface area contributed by atoms with Crippen molar-refractivity contribution in [2.75, 3.05) is 0 Å². The molecular weight excluding hydrogens is 276 g/mol. The Morgan fingerprint density at radius 3 is 2.61 bits per heavy atom. The van der Waals surface area contributed by atoms with E-state index in [0.29, 0.717) is 5.56 Å². The van der Waals surface area contributed by atoms with Crippen LogP contribution < -0.4 is 5.73 Å². The summed E-state index contributed by atoms with van der Waals surface area (Å²) in [6.45, 7) is 0. The summed E-state index contributed by atoms with van der Waals surface area (Å²) in [6, 6.07) is 5.64. The number of nitrogens with zero attached hydrogens (tertiary/aromatic N) is 1. The van der Waals surface area contributed by atoms with Gasteiger partial charge in [-0.2, -0.15) is 11.3 Å². The molecule has 0 amide bonds. The zero-order valence-corrected chi connectivity index (χ0v) is 10.8.